The summed E-state index contributed by atoms with van der Waals surface area (Å²) in [7, 11) is 1.63. The van der Waals surface area contributed by atoms with Crippen molar-refractivity contribution in [3.63, 3.8) is 0 Å². The number of carbonyl (C=O) groups is 2. The predicted octanol–water partition coefficient (Wildman–Crippen LogP) is 4.18. The Morgan fingerprint density at radius 1 is 1.08 bits per heavy atom. The molecule has 0 heterocycles. The van der Waals surface area contributed by atoms with Crippen molar-refractivity contribution in [3.05, 3.63) is 54.1 Å². The molecule has 2 rings (SSSR count). The first kappa shape index (κ1) is 19.8. The van der Waals surface area contributed by atoms with Crippen LogP contribution in [0.1, 0.15) is 25.8 Å². The van der Waals surface area contributed by atoms with E-state index in [1.807, 2.05) is 24.3 Å². The second-order valence-corrected chi connectivity index (χ2v) is 7.50. The lowest BCUT2D eigenvalue weighted by molar-refractivity contribution is -0.142. The zero-order valence-electron chi connectivity index (χ0n) is 15.1. The topological polar surface area (TPSA) is 75.6 Å². The molecule has 0 bridgehead atoms. The van der Waals surface area contributed by atoms with Crippen molar-refractivity contribution >= 4 is 29.3 Å². The lowest BCUT2D eigenvalue weighted by atomic mass is 9.85. The highest BCUT2D eigenvalue weighted by molar-refractivity contribution is 7.99. The summed E-state index contributed by atoms with van der Waals surface area (Å²) in [4.78, 5) is 24.4. The van der Waals surface area contributed by atoms with Crippen molar-refractivity contribution < 1.29 is 19.4 Å². The van der Waals surface area contributed by atoms with Gasteiger partial charge in [-0.1, -0.05) is 12.1 Å². The molecule has 0 unspecified atom stereocenters. The highest BCUT2D eigenvalue weighted by Gasteiger charge is 2.29. The van der Waals surface area contributed by atoms with E-state index in [-0.39, 0.29) is 5.91 Å². The summed E-state index contributed by atoms with van der Waals surface area (Å²) in [6.45, 7) is 3.30. The molecule has 138 valence electrons. The van der Waals surface area contributed by atoms with Gasteiger partial charge in [0.2, 0.25) is 5.91 Å². The van der Waals surface area contributed by atoms with Crippen LogP contribution in [0, 0.1) is 0 Å². The number of methoxy groups -OCH3 is 1. The number of carbonyl (C=O) groups excluding carboxylic acids is 1. The lowest BCUT2D eigenvalue weighted by Crippen LogP contribution is -2.28. The Kier molecular flexibility index (Phi) is 6.69. The molecule has 2 aromatic carbocycles. The van der Waals surface area contributed by atoms with E-state index in [9.17, 15) is 14.7 Å². The number of benzene rings is 2. The smallest absolute Gasteiger partial charge is 0.313 e. The van der Waals surface area contributed by atoms with E-state index < -0.39 is 11.4 Å². The van der Waals surface area contributed by atoms with Gasteiger partial charge in [0, 0.05) is 22.8 Å². The van der Waals surface area contributed by atoms with Crippen LogP contribution in [-0.4, -0.2) is 29.8 Å². The minimum atomic E-state index is -0.961. The quantitative estimate of drug-likeness (QED) is 0.679. The van der Waals surface area contributed by atoms with E-state index in [4.69, 9.17) is 4.74 Å². The van der Waals surface area contributed by atoms with E-state index >= 15 is 0 Å². The molecule has 5 nitrogen and oxygen atoms in total. The Balaban J connectivity index is 1.83. The molecule has 0 atom stereocenters. The normalized spacial score (nSPS) is 11.0. The van der Waals surface area contributed by atoms with Gasteiger partial charge in [0.05, 0.1) is 12.5 Å². The number of nitrogens with one attached hydrogen (secondary N) is 1. The van der Waals surface area contributed by atoms with Gasteiger partial charge in [0.1, 0.15) is 5.75 Å². The summed E-state index contributed by atoms with van der Waals surface area (Å²) >= 11 is 1.61. The zero-order valence-corrected chi connectivity index (χ0v) is 15.9. The molecule has 0 aliphatic heterocycles. The second-order valence-electron chi connectivity index (χ2n) is 6.33. The fourth-order valence-corrected chi connectivity index (χ4v) is 3.10. The molecule has 0 saturated carbocycles. The van der Waals surface area contributed by atoms with Crippen molar-refractivity contribution in [1.29, 1.82) is 0 Å². The first-order valence-corrected chi connectivity index (χ1v) is 9.22. The Bertz CT molecular complexity index is 754. The molecule has 1 amide bonds. The standard InChI is InChI=1S/C20H23NO4S/c1-20(2,19(23)24)14-4-6-15(7-5-14)21-18(22)12-13-26-17-10-8-16(25-3)9-11-17/h4-11H,12-13H2,1-3H3,(H,21,22)(H,23,24). The van der Waals surface area contributed by atoms with E-state index in [1.54, 1.807) is 57.0 Å². The lowest BCUT2D eigenvalue weighted by Gasteiger charge is -2.19. The molecular weight excluding hydrogens is 350 g/mol. The van der Waals surface area contributed by atoms with E-state index in [0.29, 0.717) is 23.4 Å². The van der Waals surface area contributed by atoms with E-state index in [0.717, 1.165) is 10.6 Å². The van der Waals surface area contributed by atoms with Crippen molar-refractivity contribution in [3.8, 4) is 5.75 Å². The van der Waals surface area contributed by atoms with Crippen LogP contribution < -0.4 is 10.1 Å². The van der Waals surface area contributed by atoms with Gasteiger partial charge < -0.3 is 15.2 Å². The molecule has 0 saturated heterocycles. The van der Waals surface area contributed by atoms with Crippen LogP contribution in [0.15, 0.2) is 53.4 Å². The van der Waals surface area contributed by atoms with Crippen LogP contribution in [0.3, 0.4) is 0 Å². The number of carboxylic acids is 1. The van der Waals surface area contributed by atoms with Gasteiger partial charge in [0.15, 0.2) is 0 Å². The number of carboxylic acid groups (broad SMARTS) is 1. The third kappa shape index (κ3) is 5.26. The average Bonchev–Trinajstić information content (AvgIpc) is 2.62. The van der Waals surface area contributed by atoms with Crippen LogP contribution in [0.5, 0.6) is 5.75 Å². The fourth-order valence-electron chi connectivity index (χ4n) is 2.25. The Hall–Kier alpha value is -2.47. The summed E-state index contributed by atoms with van der Waals surface area (Å²) in [5.41, 5.74) is 0.393. The first-order chi connectivity index (χ1) is 12.3. The third-order valence-electron chi connectivity index (χ3n) is 4.08. The van der Waals surface area contributed by atoms with Crippen LogP contribution in [0.25, 0.3) is 0 Å². The number of thioether (sulfide) groups is 1. The van der Waals surface area contributed by atoms with Gasteiger partial charge in [-0.3, -0.25) is 9.59 Å². The van der Waals surface area contributed by atoms with E-state index in [1.165, 1.54) is 0 Å². The highest BCUT2D eigenvalue weighted by atomic mass is 32.2. The number of hydrogen-bond donors (Lipinski definition) is 2. The zero-order chi connectivity index (χ0) is 19.2. The summed E-state index contributed by atoms with van der Waals surface area (Å²) < 4.78 is 5.11. The number of anilines is 1. The summed E-state index contributed by atoms with van der Waals surface area (Å²) in [5.74, 6) is 0.519. The molecule has 2 aromatic rings. The summed E-state index contributed by atoms with van der Waals surface area (Å²) in [5, 5.41) is 12.1. The van der Waals surface area contributed by atoms with Crippen LogP contribution in [0.4, 0.5) is 5.69 Å². The first-order valence-electron chi connectivity index (χ1n) is 8.23. The third-order valence-corrected chi connectivity index (χ3v) is 5.10. The Morgan fingerprint density at radius 3 is 2.23 bits per heavy atom. The molecule has 2 N–H and O–H groups in total. The minimum absolute atomic E-state index is 0.0729. The van der Waals surface area contributed by atoms with Gasteiger partial charge >= 0.3 is 5.97 Å². The van der Waals surface area contributed by atoms with Gasteiger partial charge in [-0.15, -0.1) is 11.8 Å². The van der Waals surface area contributed by atoms with Crippen molar-refractivity contribution in [1.82, 2.24) is 0 Å². The maximum Gasteiger partial charge on any atom is 0.313 e. The maximum atomic E-state index is 12.1. The molecule has 0 fully saturated rings. The second kappa shape index (κ2) is 8.76. The number of amides is 1. The van der Waals surface area contributed by atoms with Crippen LogP contribution in [0.2, 0.25) is 0 Å². The molecule has 0 aromatic heterocycles. The van der Waals surface area contributed by atoms with Crippen molar-refractivity contribution in [2.75, 3.05) is 18.2 Å². The molecule has 0 aliphatic carbocycles. The van der Waals surface area contributed by atoms with E-state index in [2.05, 4.69) is 5.32 Å². The molecular formula is C20H23NO4S. The van der Waals surface area contributed by atoms with Gasteiger partial charge in [0.25, 0.3) is 0 Å². The number of hydrogen-bond acceptors (Lipinski definition) is 4. The number of rotatable bonds is 8. The largest absolute Gasteiger partial charge is 0.497 e. The molecule has 26 heavy (non-hydrogen) atoms. The van der Waals surface area contributed by atoms with Gasteiger partial charge in [-0.25, -0.2) is 0 Å². The SMILES string of the molecule is COc1ccc(SCCC(=O)Nc2ccc(C(C)(C)C(=O)O)cc2)cc1. The molecule has 0 radical (unpaired) electrons. The highest BCUT2D eigenvalue weighted by Crippen LogP contribution is 2.25. The average molecular weight is 373 g/mol. The minimum Gasteiger partial charge on any atom is -0.497 e. The Morgan fingerprint density at radius 2 is 1.69 bits per heavy atom. The van der Waals surface area contributed by atoms with Gasteiger partial charge in [-0.05, 0) is 55.8 Å². The molecule has 0 aliphatic rings. The number of aliphatic carboxylic acids is 1. The maximum absolute atomic E-state index is 12.1. The number of ether oxygens (including phenoxy) is 1. The molecule has 0 spiro atoms. The summed E-state index contributed by atoms with van der Waals surface area (Å²) in [6.07, 6.45) is 0.388. The van der Waals surface area contributed by atoms with Crippen molar-refractivity contribution in [2.45, 2.75) is 30.6 Å². The van der Waals surface area contributed by atoms with Crippen LogP contribution in [-0.2, 0) is 15.0 Å². The fraction of sp³-hybridized carbons (Fsp3) is 0.300. The summed E-state index contributed by atoms with van der Waals surface area (Å²) in [6, 6.07) is 14.6. The van der Waals surface area contributed by atoms with Crippen molar-refractivity contribution in [2.24, 2.45) is 0 Å². The monoisotopic (exact) mass is 373 g/mol. The predicted molar refractivity (Wildman–Crippen MR) is 104 cm³/mol. The Labute approximate surface area is 157 Å². The van der Waals surface area contributed by atoms with Gasteiger partial charge in [-0.2, -0.15) is 0 Å². The molecule has 6 heteroatoms. The van der Waals surface area contributed by atoms with Crippen LogP contribution >= 0.6 is 11.8 Å².